The topological polar surface area (TPSA) is 17.0 Å². The van der Waals surface area contributed by atoms with Gasteiger partial charge in [0.2, 0.25) is 0 Å². The van der Waals surface area contributed by atoms with Crippen molar-refractivity contribution in [1.29, 1.82) is 0 Å². The number of aromatic nitrogens is 1. The minimum Gasteiger partial charge on any atom is -0.343 e. The lowest BCUT2D eigenvalue weighted by atomic mass is 9.45. The monoisotopic (exact) mass is 494 g/mol. The molecule has 0 spiro atoms. The Morgan fingerprint density at radius 3 is 2.49 bits per heavy atom. The van der Waals surface area contributed by atoms with Crippen LogP contribution in [0.15, 0.2) is 60.8 Å². The van der Waals surface area contributed by atoms with Gasteiger partial charge >= 0.3 is 0 Å². The summed E-state index contributed by atoms with van der Waals surface area (Å²) in [5, 5.41) is 5.57. The molecule has 2 nitrogen and oxygen atoms in total. The molecule has 0 bridgehead atoms. The first-order chi connectivity index (χ1) is 18.1. The molecule has 196 valence electrons. The van der Waals surface area contributed by atoms with Crippen molar-refractivity contribution in [2.45, 2.75) is 97.2 Å². The molecule has 1 heterocycles. The van der Waals surface area contributed by atoms with Crippen molar-refractivity contribution in [3.8, 4) is 0 Å². The van der Waals surface area contributed by atoms with E-state index >= 15 is 0 Å². The van der Waals surface area contributed by atoms with Gasteiger partial charge in [-0.2, -0.15) is 0 Å². The second kappa shape index (κ2) is 9.30. The van der Waals surface area contributed by atoms with Crippen molar-refractivity contribution in [3.63, 3.8) is 0 Å². The highest BCUT2D eigenvalue weighted by molar-refractivity contribution is 5.84. The Morgan fingerprint density at radius 1 is 0.784 bits per heavy atom. The third-order valence-electron chi connectivity index (χ3n) is 12.2. The second-order valence-electron chi connectivity index (χ2n) is 13.7. The Morgan fingerprint density at radius 2 is 1.59 bits per heavy atom. The van der Waals surface area contributed by atoms with E-state index in [1.807, 2.05) is 0 Å². The Labute approximate surface area is 224 Å². The summed E-state index contributed by atoms with van der Waals surface area (Å²) in [4.78, 5) is 0. The molecule has 2 aromatic carbocycles. The van der Waals surface area contributed by atoms with Crippen molar-refractivity contribution in [3.05, 3.63) is 71.9 Å². The van der Waals surface area contributed by atoms with E-state index in [-0.39, 0.29) is 0 Å². The van der Waals surface area contributed by atoms with E-state index in [2.05, 4.69) is 84.5 Å². The van der Waals surface area contributed by atoms with Crippen molar-refractivity contribution < 1.29 is 0 Å². The zero-order valence-electron chi connectivity index (χ0n) is 23.1. The molecule has 0 radical (unpaired) electrons. The summed E-state index contributed by atoms with van der Waals surface area (Å²) in [6.45, 7) is 7.31. The predicted molar refractivity (Wildman–Crippen MR) is 154 cm³/mol. The van der Waals surface area contributed by atoms with Gasteiger partial charge in [0.15, 0.2) is 0 Å². The van der Waals surface area contributed by atoms with Crippen LogP contribution in [-0.2, 0) is 13.1 Å². The van der Waals surface area contributed by atoms with Crippen molar-refractivity contribution in [2.24, 2.45) is 34.5 Å². The van der Waals surface area contributed by atoms with Crippen LogP contribution >= 0.6 is 0 Å². The highest BCUT2D eigenvalue weighted by Gasteiger charge is 2.59. The van der Waals surface area contributed by atoms with Crippen molar-refractivity contribution in [1.82, 2.24) is 9.88 Å². The molecule has 3 aromatic rings. The number of hydrogen-bond donors (Lipinski definition) is 1. The van der Waals surface area contributed by atoms with E-state index in [0.29, 0.717) is 16.9 Å². The molecule has 2 heteroatoms. The van der Waals surface area contributed by atoms with E-state index in [1.54, 1.807) is 0 Å². The molecular formula is C35H46N2. The molecular weight excluding hydrogens is 448 g/mol. The molecule has 0 aliphatic heterocycles. The number of nitrogens with one attached hydrogen (secondary N) is 1. The van der Waals surface area contributed by atoms with Gasteiger partial charge in [-0.25, -0.2) is 0 Å². The van der Waals surface area contributed by atoms with Gasteiger partial charge in [-0.1, -0.05) is 75.2 Å². The normalized spacial score (nSPS) is 37.2. The van der Waals surface area contributed by atoms with Gasteiger partial charge in [-0.15, -0.1) is 0 Å². The average molecular weight is 495 g/mol. The zero-order chi connectivity index (χ0) is 25.0. The zero-order valence-corrected chi connectivity index (χ0v) is 23.1. The van der Waals surface area contributed by atoms with E-state index in [4.69, 9.17) is 0 Å². The third-order valence-corrected chi connectivity index (χ3v) is 12.2. The Balaban J connectivity index is 1.09. The number of hydrogen-bond acceptors (Lipinski definition) is 1. The van der Waals surface area contributed by atoms with Gasteiger partial charge in [0, 0.05) is 36.2 Å². The molecule has 4 aliphatic carbocycles. The van der Waals surface area contributed by atoms with E-state index in [9.17, 15) is 0 Å². The Hall–Kier alpha value is -2.06. The summed E-state index contributed by atoms with van der Waals surface area (Å²) in [6, 6.07) is 20.5. The Kier molecular flexibility index (Phi) is 6.03. The van der Waals surface area contributed by atoms with E-state index < -0.39 is 0 Å². The standard InChI is InChI=1S/C35H46N2/c1-34-20-9-8-12-27(34)15-16-29-30-17-18-33(35(30,2)21-19-31(29)34)36-22-26-24-37(23-25-10-4-3-5-11-25)32-14-7-6-13-28(26)32/h3-7,10-11,13-14,24,27,29-31,33,36H,8-9,12,15-23H2,1-2H3/t27-,29?,30?,31?,33+,34+,35+/m1/s1. The van der Waals surface area contributed by atoms with E-state index in [1.165, 1.54) is 86.2 Å². The van der Waals surface area contributed by atoms with Gasteiger partial charge in [-0.05, 0) is 103 Å². The van der Waals surface area contributed by atoms with Crippen LogP contribution in [0.5, 0.6) is 0 Å². The smallest absolute Gasteiger partial charge is 0.0486 e. The maximum atomic E-state index is 4.15. The molecule has 7 atom stereocenters. The minimum atomic E-state index is 0.474. The maximum Gasteiger partial charge on any atom is 0.0486 e. The van der Waals surface area contributed by atoms with Gasteiger partial charge in [0.25, 0.3) is 0 Å². The van der Waals surface area contributed by atoms with Gasteiger partial charge < -0.3 is 9.88 Å². The lowest BCUT2D eigenvalue weighted by molar-refractivity contribution is -0.107. The fourth-order valence-electron chi connectivity index (χ4n) is 10.2. The molecule has 37 heavy (non-hydrogen) atoms. The SMILES string of the molecule is C[C@]12CCC3C(CC[C@H]4CCCC[C@]34C)C1CC[C@@H]2NCc1cn(Cc2ccccc2)c2ccccc12. The molecule has 4 saturated carbocycles. The second-order valence-corrected chi connectivity index (χ2v) is 13.7. The van der Waals surface area contributed by atoms with E-state index in [0.717, 1.165) is 36.8 Å². The quantitative estimate of drug-likeness (QED) is 0.376. The van der Waals surface area contributed by atoms with Gasteiger partial charge in [0.1, 0.15) is 0 Å². The first kappa shape index (κ1) is 24.0. The van der Waals surface area contributed by atoms with Crippen molar-refractivity contribution in [2.75, 3.05) is 0 Å². The number of para-hydroxylation sites is 1. The Bertz CT molecular complexity index is 1240. The summed E-state index contributed by atoms with van der Waals surface area (Å²) in [7, 11) is 0. The van der Waals surface area contributed by atoms with Crippen LogP contribution in [0.1, 0.15) is 89.2 Å². The number of fused-ring (bicyclic) bond motifs is 6. The van der Waals surface area contributed by atoms with Gasteiger partial charge in [-0.3, -0.25) is 0 Å². The van der Waals surface area contributed by atoms with Crippen LogP contribution in [0.25, 0.3) is 10.9 Å². The van der Waals surface area contributed by atoms with Crippen LogP contribution in [0.3, 0.4) is 0 Å². The summed E-state index contributed by atoms with van der Waals surface area (Å²) < 4.78 is 2.45. The predicted octanol–water partition coefficient (Wildman–Crippen LogP) is 8.58. The highest BCUT2D eigenvalue weighted by Crippen LogP contribution is 2.66. The van der Waals surface area contributed by atoms with Crippen molar-refractivity contribution >= 4 is 10.9 Å². The van der Waals surface area contributed by atoms with Crippen LogP contribution in [0.4, 0.5) is 0 Å². The largest absolute Gasteiger partial charge is 0.343 e. The maximum absolute atomic E-state index is 4.15. The third kappa shape index (κ3) is 3.92. The van der Waals surface area contributed by atoms with Crippen LogP contribution in [0, 0.1) is 34.5 Å². The minimum absolute atomic E-state index is 0.474. The number of rotatable bonds is 5. The lowest BCUT2D eigenvalue weighted by Gasteiger charge is -2.60. The fourth-order valence-corrected chi connectivity index (χ4v) is 10.2. The number of nitrogens with zero attached hydrogens (tertiary/aromatic N) is 1. The summed E-state index contributed by atoms with van der Waals surface area (Å²) in [5.74, 6) is 3.94. The van der Waals surface area contributed by atoms with Crippen LogP contribution in [-0.4, -0.2) is 10.6 Å². The molecule has 0 saturated heterocycles. The summed E-state index contributed by atoms with van der Waals surface area (Å²) >= 11 is 0. The molecule has 1 aromatic heterocycles. The molecule has 3 unspecified atom stereocenters. The summed E-state index contributed by atoms with van der Waals surface area (Å²) in [6.07, 6.45) is 17.2. The van der Waals surface area contributed by atoms with Crippen LogP contribution < -0.4 is 5.32 Å². The molecule has 4 aliphatic rings. The first-order valence-electron chi connectivity index (χ1n) is 15.4. The van der Waals surface area contributed by atoms with Gasteiger partial charge in [0.05, 0.1) is 0 Å². The molecule has 1 N–H and O–H groups in total. The number of benzene rings is 2. The fraction of sp³-hybridized carbons (Fsp3) is 0.600. The molecule has 0 amide bonds. The van der Waals surface area contributed by atoms with Crippen LogP contribution in [0.2, 0.25) is 0 Å². The molecule has 7 rings (SSSR count). The first-order valence-corrected chi connectivity index (χ1v) is 15.4. The lowest BCUT2D eigenvalue weighted by Crippen LogP contribution is -2.54. The summed E-state index contributed by atoms with van der Waals surface area (Å²) in [5.41, 5.74) is 5.31. The molecule has 4 fully saturated rings. The highest BCUT2D eigenvalue weighted by atomic mass is 15.0. The average Bonchev–Trinajstić information content (AvgIpc) is 3.44.